The van der Waals surface area contributed by atoms with E-state index in [0.29, 0.717) is 12.0 Å². The fraction of sp³-hybridized carbons (Fsp3) is 0.357. The van der Waals surface area contributed by atoms with Gasteiger partial charge < -0.3 is 9.47 Å². The van der Waals surface area contributed by atoms with Crippen molar-refractivity contribution in [2.24, 2.45) is 7.05 Å². The molecule has 2 heterocycles. The van der Waals surface area contributed by atoms with Gasteiger partial charge in [0.1, 0.15) is 5.69 Å². The molecule has 0 radical (unpaired) electrons. The Balaban J connectivity index is 1.44. The molecule has 0 saturated carbocycles. The number of rotatable bonds is 5. The van der Waals surface area contributed by atoms with Crippen LogP contribution in [0.2, 0.25) is 0 Å². The summed E-state index contributed by atoms with van der Waals surface area (Å²) < 4.78 is 1.88. The van der Waals surface area contributed by atoms with Crippen molar-refractivity contribution in [3.05, 3.63) is 88.0 Å². The molecule has 2 aromatic carbocycles. The molecule has 1 fully saturated rings. The zero-order chi connectivity index (χ0) is 23.4. The zero-order valence-electron chi connectivity index (χ0n) is 20.1. The first kappa shape index (κ1) is 23.0. The van der Waals surface area contributed by atoms with Crippen molar-refractivity contribution in [1.82, 2.24) is 19.4 Å². The van der Waals surface area contributed by atoms with Gasteiger partial charge >= 0.3 is 0 Å². The van der Waals surface area contributed by atoms with Crippen molar-refractivity contribution in [2.75, 3.05) is 33.2 Å². The van der Waals surface area contributed by atoms with E-state index < -0.39 is 0 Å². The predicted molar refractivity (Wildman–Crippen MR) is 132 cm³/mol. The second kappa shape index (κ2) is 10.2. The van der Waals surface area contributed by atoms with Crippen LogP contribution in [0.4, 0.5) is 0 Å². The third-order valence-corrected chi connectivity index (χ3v) is 6.46. The minimum atomic E-state index is 0.116. The van der Waals surface area contributed by atoms with Crippen LogP contribution in [0.5, 0.6) is 0 Å². The lowest BCUT2D eigenvalue weighted by Crippen LogP contribution is -2.43. The summed E-state index contributed by atoms with van der Waals surface area (Å²) in [6.45, 7) is 9.60. The fourth-order valence-electron chi connectivity index (χ4n) is 4.12. The minimum absolute atomic E-state index is 0.116. The topological polar surface area (TPSA) is 41.4 Å². The Morgan fingerprint density at radius 3 is 2.45 bits per heavy atom. The van der Waals surface area contributed by atoms with Crippen molar-refractivity contribution in [1.29, 1.82) is 0 Å². The molecule has 0 spiro atoms. The van der Waals surface area contributed by atoms with Gasteiger partial charge in [-0.15, -0.1) is 0 Å². The molecule has 0 amide bonds. The van der Waals surface area contributed by atoms with Crippen LogP contribution in [0.3, 0.4) is 0 Å². The lowest BCUT2D eigenvalue weighted by Gasteiger charge is -2.32. The molecule has 0 bridgehead atoms. The van der Waals surface area contributed by atoms with Gasteiger partial charge in [-0.1, -0.05) is 36.3 Å². The second-order valence-electron chi connectivity index (χ2n) is 9.11. The number of aryl methyl sites for hydroxylation is 3. The average Bonchev–Trinajstić information content (AvgIpc) is 3.21. The van der Waals surface area contributed by atoms with Gasteiger partial charge in [0.25, 0.3) is 0 Å². The summed E-state index contributed by atoms with van der Waals surface area (Å²) in [5, 5.41) is 0. The maximum absolute atomic E-state index is 13.0. The van der Waals surface area contributed by atoms with E-state index in [1.54, 1.807) is 12.5 Å². The molecule has 0 atom stereocenters. The van der Waals surface area contributed by atoms with E-state index in [9.17, 15) is 4.79 Å². The highest BCUT2D eigenvalue weighted by Crippen LogP contribution is 2.18. The molecule has 5 heteroatoms. The number of carbonyl (C=O) groups is 1. The molecule has 1 aromatic heterocycles. The first-order valence-corrected chi connectivity index (χ1v) is 11.5. The fourth-order valence-corrected chi connectivity index (χ4v) is 4.12. The molecule has 0 N–H and O–H groups in total. The lowest BCUT2D eigenvalue weighted by atomic mass is 9.96. The molecule has 1 saturated heterocycles. The number of carbonyl (C=O) groups excluding carboxylic acids is 1. The number of ketones is 1. The molecule has 170 valence electrons. The Bertz CT molecular complexity index is 1210. The average molecular weight is 441 g/mol. The molecule has 3 aromatic rings. The van der Waals surface area contributed by atoms with Crippen LogP contribution in [0.15, 0.2) is 48.9 Å². The standard InChI is InChI=1S/C28H32N4O/c1-21-5-7-25(17-24(21)9-10-27-18-29-20-31(27)4)28(33)16-23-6-8-26(22(2)15-23)19-32-13-11-30(3)12-14-32/h5-8,15,17-18,20H,11-14,16,19H2,1-4H3. The summed E-state index contributed by atoms with van der Waals surface area (Å²) in [6.07, 6.45) is 3.87. The molecule has 0 unspecified atom stereocenters. The largest absolute Gasteiger partial charge is 0.327 e. The monoisotopic (exact) mass is 440 g/mol. The maximum atomic E-state index is 13.0. The number of hydrogen-bond donors (Lipinski definition) is 0. The molecule has 0 aliphatic carbocycles. The van der Waals surface area contributed by atoms with Crippen LogP contribution in [0.25, 0.3) is 0 Å². The molecular formula is C28H32N4O. The van der Waals surface area contributed by atoms with E-state index in [1.165, 1.54) is 11.1 Å². The Hall–Kier alpha value is -3.20. The Morgan fingerprint density at radius 1 is 0.970 bits per heavy atom. The summed E-state index contributed by atoms with van der Waals surface area (Å²) in [5.41, 5.74) is 7.14. The van der Waals surface area contributed by atoms with Gasteiger partial charge in [0.2, 0.25) is 0 Å². The number of likely N-dealkylation sites (N-methyl/N-ethyl adjacent to an activating group) is 1. The van der Waals surface area contributed by atoms with Crippen LogP contribution in [-0.4, -0.2) is 58.4 Å². The van der Waals surface area contributed by atoms with E-state index in [-0.39, 0.29) is 5.78 Å². The smallest absolute Gasteiger partial charge is 0.167 e. The molecule has 4 rings (SSSR count). The van der Waals surface area contributed by atoms with Crippen molar-refractivity contribution in [3.63, 3.8) is 0 Å². The highest BCUT2D eigenvalue weighted by molar-refractivity contribution is 5.98. The number of nitrogens with zero attached hydrogens (tertiary/aromatic N) is 4. The lowest BCUT2D eigenvalue weighted by molar-refractivity contribution is 0.0993. The first-order valence-electron chi connectivity index (χ1n) is 11.5. The van der Waals surface area contributed by atoms with Gasteiger partial charge in [0.15, 0.2) is 5.78 Å². The SMILES string of the molecule is Cc1ccc(C(=O)Cc2ccc(CN3CCN(C)CC3)c(C)c2)cc1C#Cc1cncn1C. The van der Waals surface area contributed by atoms with Crippen molar-refractivity contribution in [3.8, 4) is 11.8 Å². The van der Waals surface area contributed by atoms with Crippen LogP contribution >= 0.6 is 0 Å². The van der Waals surface area contributed by atoms with Gasteiger partial charge in [0.05, 0.1) is 12.5 Å². The number of Topliss-reactive ketones (excluding diaryl/α,β-unsaturated/α-hetero) is 1. The second-order valence-corrected chi connectivity index (χ2v) is 9.11. The molecule has 5 nitrogen and oxygen atoms in total. The van der Waals surface area contributed by atoms with Crippen molar-refractivity contribution >= 4 is 5.78 Å². The third kappa shape index (κ3) is 5.78. The molecule has 1 aliphatic rings. The predicted octanol–water partition coefficient (Wildman–Crippen LogP) is 3.61. The Morgan fingerprint density at radius 2 is 1.76 bits per heavy atom. The molecule has 33 heavy (non-hydrogen) atoms. The van der Waals surface area contributed by atoms with Crippen LogP contribution in [0.1, 0.15) is 43.9 Å². The number of piperazine rings is 1. The third-order valence-electron chi connectivity index (χ3n) is 6.46. The summed E-state index contributed by atoms with van der Waals surface area (Å²) in [6, 6.07) is 12.3. The van der Waals surface area contributed by atoms with E-state index >= 15 is 0 Å². The summed E-state index contributed by atoms with van der Waals surface area (Å²) in [7, 11) is 4.10. The van der Waals surface area contributed by atoms with E-state index in [4.69, 9.17) is 0 Å². The highest BCUT2D eigenvalue weighted by Gasteiger charge is 2.15. The normalized spacial score (nSPS) is 14.7. The highest BCUT2D eigenvalue weighted by atomic mass is 16.1. The quantitative estimate of drug-likeness (QED) is 0.449. The van der Waals surface area contributed by atoms with Crippen LogP contribution < -0.4 is 0 Å². The Kier molecular flexibility index (Phi) is 7.08. The van der Waals surface area contributed by atoms with E-state index in [1.807, 2.05) is 36.7 Å². The number of hydrogen-bond acceptors (Lipinski definition) is 4. The van der Waals surface area contributed by atoms with Crippen LogP contribution in [-0.2, 0) is 20.0 Å². The van der Waals surface area contributed by atoms with Crippen molar-refractivity contribution in [2.45, 2.75) is 26.8 Å². The Labute approximate surface area is 197 Å². The number of benzene rings is 2. The van der Waals surface area contributed by atoms with Gasteiger partial charge in [-0.25, -0.2) is 4.98 Å². The zero-order valence-corrected chi connectivity index (χ0v) is 20.1. The first-order chi connectivity index (χ1) is 15.9. The van der Waals surface area contributed by atoms with Gasteiger partial charge in [-0.2, -0.15) is 0 Å². The van der Waals surface area contributed by atoms with Crippen molar-refractivity contribution < 1.29 is 4.79 Å². The summed E-state index contributed by atoms with van der Waals surface area (Å²) in [5.74, 6) is 6.47. The number of aromatic nitrogens is 2. The minimum Gasteiger partial charge on any atom is -0.327 e. The van der Waals surface area contributed by atoms with Gasteiger partial charge in [-0.3, -0.25) is 9.69 Å². The summed E-state index contributed by atoms with van der Waals surface area (Å²) >= 11 is 0. The molecule has 1 aliphatic heterocycles. The van der Waals surface area contributed by atoms with E-state index in [2.05, 4.69) is 58.8 Å². The van der Waals surface area contributed by atoms with E-state index in [0.717, 1.165) is 55.1 Å². The van der Waals surface area contributed by atoms with Gasteiger partial charge in [0, 0.05) is 57.3 Å². The maximum Gasteiger partial charge on any atom is 0.167 e. The van der Waals surface area contributed by atoms with Gasteiger partial charge in [-0.05, 0) is 55.1 Å². The molecular weight excluding hydrogens is 408 g/mol. The number of imidazole rings is 1. The summed E-state index contributed by atoms with van der Waals surface area (Å²) in [4.78, 5) is 22.0. The van der Waals surface area contributed by atoms with Crippen LogP contribution in [0, 0.1) is 25.7 Å².